The lowest BCUT2D eigenvalue weighted by Crippen LogP contribution is -2.58. The first kappa shape index (κ1) is 29.0. The number of piperidine rings is 1. The van der Waals surface area contributed by atoms with E-state index >= 15 is 0 Å². The Morgan fingerprint density at radius 2 is 1.73 bits per heavy atom. The maximum Gasteiger partial charge on any atom is 0.243 e. The predicted molar refractivity (Wildman–Crippen MR) is 154 cm³/mol. The molecule has 3 heterocycles. The summed E-state index contributed by atoms with van der Waals surface area (Å²) in [7, 11) is 0. The van der Waals surface area contributed by atoms with Gasteiger partial charge in [-0.1, -0.05) is 54.6 Å². The van der Waals surface area contributed by atoms with Gasteiger partial charge >= 0.3 is 0 Å². The molecule has 0 aliphatic carbocycles. The van der Waals surface area contributed by atoms with Crippen LogP contribution in [0, 0.1) is 17.2 Å². The minimum atomic E-state index is -0.691. The monoisotopic (exact) mass is 561 g/mol. The lowest BCUT2D eigenvalue weighted by atomic mass is 9.75. The van der Waals surface area contributed by atoms with Crippen LogP contribution in [-0.4, -0.2) is 61.0 Å². The summed E-state index contributed by atoms with van der Waals surface area (Å²) in [6.07, 6.45) is 8.75. The van der Waals surface area contributed by atoms with E-state index in [1.807, 2.05) is 35.2 Å². The highest BCUT2D eigenvalue weighted by molar-refractivity contribution is 5.90. The first-order chi connectivity index (χ1) is 19.9. The summed E-state index contributed by atoms with van der Waals surface area (Å²) >= 11 is 0. The van der Waals surface area contributed by atoms with Crippen molar-refractivity contribution in [2.24, 2.45) is 11.3 Å². The van der Waals surface area contributed by atoms with Crippen LogP contribution in [0.3, 0.4) is 0 Å². The topological polar surface area (TPSA) is 87.7 Å². The van der Waals surface area contributed by atoms with Crippen molar-refractivity contribution in [2.45, 2.75) is 63.5 Å². The molecule has 3 aliphatic rings. The van der Waals surface area contributed by atoms with Gasteiger partial charge in [0, 0.05) is 51.1 Å². The molecular weight excluding hydrogens is 521 g/mol. The van der Waals surface area contributed by atoms with Crippen molar-refractivity contribution in [1.82, 2.24) is 15.5 Å². The summed E-state index contributed by atoms with van der Waals surface area (Å²) in [6, 6.07) is 15.3. The molecule has 0 unspecified atom stereocenters. The van der Waals surface area contributed by atoms with Gasteiger partial charge in [-0.05, 0) is 61.8 Å². The molecule has 0 bridgehead atoms. The Bertz CT molecular complexity index is 1230. The molecule has 2 aromatic carbocycles. The van der Waals surface area contributed by atoms with Gasteiger partial charge in [-0.3, -0.25) is 14.4 Å². The number of ether oxygens (including phenoxy) is 1. The van der Waals surface area contributed by atoms with Crippen molar-refractivity contribution >= 4 is 17.7 Å². The first-order valence-corrected chi connectivity index (χ1v) is 14.8. The van der Waals surface area contributed by atoms with E-state index in [1.165, 1.54) is 12.1 Å². The standard InChI is InChI=1S/C33H40FN3O4/c34-27-12-9-24(10-13-27)11-14-30(38)37-19-15-28-26(23-37)8-4-5-16-33(17-20-41-21-18-33)32(40)36-29(31(39)35-28)22-25-6-2-1-3-7-25/h1-7,9-10,12-13,26,28-29H,8,11,14-23H2,(H,35,39)(H,36,40)/b5-4+/t26-,28+,29-/m1/s1. The molecule has 0 saturated carbocycles. The Labute approximate surface area is 241 Å². The van der Waals surface area contributed by atoms with Gasteiger partial charge in [-0.15, -0.1) is 0 Å². The van der Waals surface area contributed by atoms with E-state index in [0.717, 1.165) is 11.1 Å². The van der Waals surface area contributed by atoms with Crippen molar-refractivity contribution in [2.75, 3.05) is 26.3 Å². The zero-order valence-electron chi connectivity index (χ0n) is 23.5. The number of nitrogens with one attached hydrogen (secondary N) is 2. The Morgan fingerprint density at radius 3 is 2.49 bits per heavy atom. The maximum absolute atomic E-state index is 13.7. The highest BCUT2D eigenvalue weighted by atomic mass is 19.1. The normalized spacial score (nSPS) is 25.7. The van der Waals surface area contributed by atoms with Crippen LogP contribution in [0.1, 0.15) is 49.7 Å². The molecular formula is C33H40FN3O4. The van der Waals surface area contributed by atoms with Gasteiger partial charge in [0.15, 0.2) is 0 Å². The minimum absolute atomic E-state index is 0.0665. The molecule has 2 saturated heterocycles. The number of rotatable bonds is 5. The molecule has 0 radical (unpaired) electrons. The van der Waals surface area contributed by atoms with Gasteiger partial charge in [-0.2, -0.15) is 0 Å². The van der Waals surface area contributed by atoms with Crippen LogP contribution in [0.2, 0.25) is 0 Å². The van der Waals surface area contributed by atoms with Gasteiger partial charge in [0.25, 0.3) is 0 Å². The van der Waals surface area contributed by atoms with E-state index in [1.54, 1.807) is 12.1 Å². The lowest BCUT2D eigenvalue weighted by molar-refractivity contribution is -0.140. The van der Waals surface area contributed by atoms with Gasteiger partial charge in [-0.25, -0.2) is 4.39 Å². The summed E-state index contributed by atoms with van der Waals surface area (Å²) in [6.45, 7) is 2.17. The Balaban J connectivity index is 1.31. The van der Waals surface area contributed by atoms with Gasteiger partial charge < -0.3 is 20.3 Å². The summed E-state index contributed by atoms with van der Waals surface area (Å²) in [5.74, 6) is -0.408. The molecule has 0 aromatic heterocycles. The second kappa shape index (κ2) is 13.4. The number of nitrogens with zero attached hydrogens (tertiary/aromatic N) is 1. The fourth-order valence-corrected chi connectivity index (χ4v) is 6.27. The molecule has 8 heteroatoms. The summed E-state index contributed by atoms with van der Waals surface area (Å²) in [5.41, 5.74) is 1.32. The number of hydrogen-bond acceptors (Lipinski definition) is 4. The zero-order chi connectivity index (χ0) is 28.7. The quantitative estimate of drug-likeness (QED) is 0.541. The third-order valence-corrected chi connectivity index (χ3v) is 8.91. The molecule has 2 N–H and O–H groups in total. The highest BCUT2D eigenvalue weighted by Gasteiger charge is 2.41. The van der Waals surface area contributed by atoms with Crippen molar-refractivity contribution < 1.29 is 23.5 Å². The molecule has 3 amide bonds. The number of aryl methyl sites for hydroxylation is 1. The van der Waals surface area contributed by atoms with Gasteiger partial charge in [0.05, 0.1) is 5.41 Å². The number of carbonyl (C=O) groups is 3. The zero-order valence-corrected chi connectivity index (χ0v) is 23.5. The van der Waals surface area contributed by atoms with Crippen molar-refractivity contribution in [3.8, 4) is 0 Å². The van der Waals surface area contributed by atoms with Crippen LogP contribution in [0.25, 0.3) is 0 Å². The maximum atomic E-state index is 13.7. The van der Waals surface area contributed by atoms with E-state index in [9.17, 15) is 18.8 Å². The summed E-state index contributed by atoms with van der Waals surface area (Å²) in [4.78, 5) is 42.5. The van der Waals surface area contributed by atoms with Gasteiger partial charge in [0.1, 0.15) is 11.9 Å². The van der Waals surface area contributed by atoms with Crippen molar-refractivity contribution in [3.63, 3.8) is 0 Å². The lowest BCUT2D eigenvalue weighted by Gasteiger charge is -2.40. The van der Waals surface area contributed by atoms with Crippen LogP contribution in [0.15, 0.2) is 66.7 Å². The number of hydrogen-bond donors (Lipinski definition) is 2. The van der Waals surface area contributed by atoms with Crippen LogP contribution < -0.4 is 10.6 Å². The SMILES string of the molecule is O=C1N[C@H]2CCN(C(=O)CCc3ccc(F)cc3)C[C@H]2C/C=C/CC2(CCOCC2)C(=O)N[C@@H]1Cc1ccccc1. The van der Waals surface area contributed by atoms with Crippen molar-refractivity contribution in [1.29, 1.82) is 0 Å². The van der Waals surface area contributed by atoms with Crippen LogP contribution in [-0.2, 0) is 32.0 Å². The number of likely N-dealkylation sites (tertiary alicyclic amines) is 1. The molecule has 41 heavy (non-hydrogen) atoms. The smallest absolute Gasteiger partial charge is 0.243 e. The first-order valence-electron chi connectivity index (χ1n) is 14.8. The molecule has 3 atom stereocenters. The summed E-state index contributed by atoms with van der Waals surface area (Å²) < 4.78 is 18.8. The number of amides is 3. The minimum Gasteiger partial charge on any atom is -0.381 e. The second-order valence-corrected chi connectivity index (χ2v) is 11.6. The number of fused-ring (bicyclic) bond motifs is 1. The largest absolute Gasteiger partial charge is 0.381 e. The number of carbonyl (C=O) groups excluding carboxylic acids is 3. The summed E-state index contributed by atoms with van der Waals surface area (Å²) in [5, 5.41) is 6.38. The predicted octanol–water partition coefficient (Wildman–Crippen LogP) is 3.97. The number of halogens is 1. The average Bonchev–Trinajstić information content (AvgIpc) is 2.99. The Morgan fingerprint density at radius 1 is 0.976 bits per heavy atom. The van der Waals surface area contributed by atoms with Gasteiger partial charge in [0.2, 0.25) is 17.7 Å². The van der Waals surface area contributed by atoms with Crippen LogP contribution in [0.4, 0.5) is 4.39 Å². The molecule has 2 fully saturated rings. The molecule has 7 nitrogen and oxygen atoms in total. The fraction of sp³-hybridized carbons (Fsp3) is 0.485. The molecule has 1 spiro atoms. The molecule has 3 aliphatic heterocycles. The highest BCUT2D eigenvalue weighted by Crippen LogP contribution is 2.36. The molecule has 5 rings (SSSR count). The van der Waals surface area contributed by atoms with E-state index in [0.29, 0.717) is 77.7 Å². The average molecular weight is 562 g/mol. The third kappa shape index (κ3) is 7.41. The van der Waals surface area contributed by atoms with Crippen LogP contribution >= 0.6 is 0 Å². The Kier molecular flexibility index (Phi) is 9.49. The van der Waals surface area contributed by atoms with E-state index in [4.69, 9.17) is 4.74 Å². The fourth-order valence-electron chi connectivity index (χ4n) is 6.27. The molecule has 2 aromatic rings. The molecule has 218 valence electrons. The van der Waals surface area contributed by atoms with Crippen LogP contribution in [0.5, 0.6) is 0 Å². The Hall–Kier alpha value is -3.52. The van der Waals surface area contributed by atoms with E-state index in [2.05, 4.69) is 22.8 Å². The van der Waals surface area contributed by atoms with Crippen molar-refractivity contribution in [3.05, 3.63) is 83.7 Å². The van der Waals surface area contributed by atoms with E-state index in [-0.39, 0.29) is 35.5 Å². The number of allylic oxidation sites excluding steroid dienone is 2. The third-order valence-electron chi connectivity index (χ3n) is 8.91. The second-order valence-electron chi connectivity index (χ2n) is 11.6. The number of benzene rings is 2. The van der Waals surface area contributed by atoms with E-state index < -0.39 is 11.5 Å².